The molecule has 0 fully saturated rings. The number of aromatic nitrogens is 4. The number of anilines is 1. The molecule has 33 heavy (non-hydrogen) atoms. The molecule has 1 atom stereocenters. The van der Waals surface area contributed by atoms with Gasteiger partial charge in [0, 0.05) is 41.3 Å². The van der Waals surface area contributed by atoms with E-state index < -0.39 is 17.8 Å². The summed E-state index contributed by atoms with van der Waals surface area (Å²) in [4.78, 5) is 15.9. The lowest BCUT2D eigenvalue weighted by molar-refractivity contribution is -0.137. The van der Waals surface area contributed by atoms with Crippen LogP contribution < -0.4 is 11.1 Å². The van der Waals surface area contributed by atoms with E-state index in [-0.39, 0.29) is 6.54 Å². The van der Waals surface area contributed by atoms with Gasteiger partial charge in [-0.05, 0) is 42.5 Å². The zero-order chi connectivity index (χ0) is 23.6. The molecule has 0 aliphatic rings. The molecule has 11 heteroatoms. The Balaban J connectivity index is 1.58. The number of rotatable bonds is 6. The monoisotopic (exact) mass is 492 g/mol. The summed E-state index contributed by atoms with van der Waals surface area (Å²) in [5, 5.41) is 4.02. The van der Waals surface area contributed by atoms with Crippen LogP contribution in [0, 0.1) is 0 Å². The second-order valence-corrected chi connectivity index (χ2v) is 7.96. The summed E-state index contributed by atoms with van der Waals surface area (Å²) in [5.41, 5.74) is 7.56. The average molecular weight is 493 g/mol. The minimum atomic E-state index is -4.45. The number of H-pyrrole nitrogens is 1. The zero-order valence-corrected chi connectivity index (χ0v) is 18.4. The van der Waals surface area contributed by atoms with Crippen LogP contribution in [0.4, 0.5) is 19.0 Å². The summed E-state index contributed by atoms with van der Waals surface area (Å²) < 4.78 is 38.2. The Kier molecular flexibility index (Phi) is 6.55. The van der Waals surface area contributed by atoms with Gasteiger partial charge in [0.2, 0.25) is 0 Å². The number of nitrogens with two attached hydrogens (primary N) is 1. The molecule has 0 saturated carbocycles. The van der Waals surface area contributed by atoms with Gasteiger partial charge in [-0.2, -0.15) is 13.2 Å². The van der Waals surface area contributed by atoms with Crippen LogP contribution in [0.3, 0.4) is 0 Å². The highest BCUT2D eigenvalue weighted by Gasteiger charge is 2.30. The number of aromatic amines is 1. The van der Waals surface area contributed by atoms with Crippen LogP contribution in [0.15, 0.2) is 61.1 Å². The molecule has 4 N–H and O–H groups in total. The van der Waals surface area contributed by atoms with E-state index in [0.717, 1.165) is 17.8 Å². The van der Waals surface area contributed by atoms with Gasteiger partial charge in [0.1, 0.15) is 11.6 Å². The Bertz CT molecular complexity index is 1240. The Morgan fingerprint density at radius 3 is 2.45 bits per heavy atom. The molecule has 0 aliphatic heterocycles. The van der Waals surface area contributed by atoms with Crippen molar-refractivity contribution in [3.05, 3.63) is 82.4 Å². The molecule has 0 amide bonds. The first kappa shape index (κ1) is 23.0. The number of benzene rings is 1. The molecule has 0 radical (unpaired) electrons. The molecular weight excluding hydrogens is 476 g/mol. The fourth-order valence-corrected chi connectivity index (χ4v) is 3.66. The minimum absolute atomic E-state index is 0.194. The fourth-order valence-electron chi connectivity index (χ4n) is 3.16. The molecule has 1 aromatic carbocycles. The SMILES string of the molecule is NC(CNc1ccc(-c2ncc[nH]2)c(-c2ccc(Cl)cc2Cl)n1)c1ccc(C(F)(F)F)cn1. The summed E-state index contributed by atoms with van der Waals surface area (Å²) >= 11 is 12.5. The Hall–Kier alpha value is -3.14. The van der Waals surface area contributed by atoms with Crippen molar-refractivity contribution < 1.29 is 13.2 Å². The Morgan fingerprint density at radius 1 is 1.03 bits per heavy atom. The molecule has 170 valence electrons. The number of imidazole rings is 1. The molecule has 1 unspecified atom stereocenters. The van der Waals surface area contributed by atoms with Gasteiger partial charge in [0.05, 0.1) is 28.0 Å². The number of pyridine rings is 2. The summed E-state index contributed by atoms with van der Waals surface area (Å²) in [7, 11) is 0. The van der Waals surface area contributed by atoms with Crippen molar-refractivity contribution in [3.63, 3.8) is 0 Å². The minimum Gasteiger partial charge on any atom is -0.368 e. The average Bonchev–Trinajstić information content (AvgIpc) is 3.31. The molecule has 6 nitrogen and oxygen atoms in total. The Morgan fingerprint density at radius 2 is 1.82 bits per heavy atom. The molecule has 4 aromatic rings. The van der Waals surface area contributed by atoms with Gasteiger partial charge in [0.15, 0.2) is 0 Å². The molecule has 0 spiro atoms. The number of nitrogens with zero attached hydrogens (tertiary/aromatic N) is 3. The van der Waals surface area contributed by atoms with E-state index in [1.54, 1.807) is 36.7 Å². The van der Waals surface area contributed by atoms with Crippen molar-refractivity contribution in [2.24, 2.45) is 5.73 Å². The van der Waals surface area contributed by atoms with Crippen LogP contribution in [0.1, 0.15) is 17.3 Å². The van der Waals surface area contributed by atoms with Crippen molar-refractivity contribution >= 4 is 29.0 Å². The van der Waals surface area contributed by atoms with Crippen molar-refractivity contribution in [2.45, 2.75) is 12.2 Å². The number of hydrogen-bond acceptors (Lipinski definition) is 5. The zero-order valence-electron chi connectivity index (χ0n) is 16.9. The molecule has 0 bridgehead atoms. The summed E-state index contributed by atoms with van der Waals surface area (Å²) in [6.07, 6.45) is -0.352. The Labute approximate surface area is 197 Å². The van der Waals surface area contributed by atoms with Gasteiger partial charge in [-0.1, -0.05) is 23.2 Å². The van der Waals surface area contributed by atoms with Gasteiger partial charge < -0.3 is 16.0 Å². The van der Waals surface area contributed by atoms with Gasteiger partial charge in [0.25, 0.3) is 0 Å². The summed E-state index contributed by atoms with van der Waals surface area (Å²) in [5.74, 6) is 1.11. The lowest BCUT2D eigenvalue weighted by Crippen LogP contribution is -2.22. The van der Waals surface area contributed by atoms with Crippen LogP contribution in [-0.4, -0.2) is 26.5 Å². The molecule has 3 aromatic heterocycles. The lowest BCUT2D eigenvalue weighted by Gasteiger charge is -2.16. The van der Waals surface area contributed by atoms with E-state index >= 15 is 0 Å². The summed E-state index contributed by atoms with van der Waals surface area (Å²) in [6.45, 7) is 0.194. The van der Waals surface area contributed by atoms with E-state index in [1.807, 2.05) is 6.07 Å². The predicted octanol–water partition coefficient (Wildman–Crippen LogP) is 5.97. The van der Waals surface area contributed by atoms with E-state index in [9.17, 15) is 13.2 Å². The van der Waals surface area contributed by atoms with E-state index in [4.69, 9.17) is 28.9 Å². The molecule has 4 rings (SSSR count). The van der Waals surface area contributed by atoms with Gasteiger partial charge in [-0.15, -0.1) is 0 Å². The largest absolute Gasteiger partial charge is 0.417 e. The van der Waals surface area contributed by atoms with Crippen molar-refractivity contribution in [2.75, 3.05) is 11.9 Å². The topological polar surface area (TPSA) is 92.5 Å². The molecular formula is C22H17Cl2F3N6. The van der Waals surface area contributed by atoms with E-state index in [2.05, 4.69) is 25.3 Å². The smallest absolute Gasteiger partial charge is 0.368 e. The standard InChI is InChI=1S/C22H17Cl2F3N6/c23-13-2-3-14(16(24)9-13)20-15(21-29-7-8-30-21)4-6-19(33-20)32-11-17(28)18-5-1-12(10-31-18)22(25,26)27/h1-10,17H,11,28H2,(H,29,30)(H,32,33). The van der Waals surface area contributed by atoms with Gasteiger partial charge >= 0.3 is 6.18 Å². The maximum atomic E-state index is 12.7. The summed E-state index contributed by atoms with van der Waals surface area (Å²) in [6, 6.07) is 10.2. The van der Waals surface area contributed by atoms with Crippen LogP contribution in [0.25, 0.3) is 22.6 Å². The first-order valence-corrected chi connectivity index (χ1v) is 10.5. The molecule has 0 aliphatic carbocycles. The third kappa shape index (κ3) is 5.27. The number of nitrogens with one attached hydrogen (secondary N) is 2. The quantitative estimate of drug-likeness (QED) is 0.308. The third-order valence-electron chi connectivity index (χ3n) is 4.83. The van der Waals surface area contributed by atoms with E-state index in [0.29, 0.717) is 38.6 Å². The van der Waals surface area contributed by atoms with Gasteiger partial charge in [-0.3, -0.25) is 4.98 Å². The normalized spacial score (nSPS) is 12.5. The first-order chi connectivity index (χ1) is 15.7. The second-order valence-electron chi connectivity index (χ2n) is 7.11. The van der Waals surface area contributed by atoms with Crippen molar-refractivity contribution in [3.8, 4) is 22.6 Å². The maximum Gasteiger partial charge on any atom is 0.417 e. The van der Waals surface area contributed by atoms with Crippen LogP contribution >= 0.6 is 23.2 Å². The number of halogens is 5. The highest BCUT2D eigenvalue weighted by molar-refractivity contribution is 6.36. The molecule has 0 saturated heterocycles. The molecule has 3 heterocycles. The maximum absolute atomic E-state index is 12.7. The highest BCUT2D eigenvalue weighted by atomic mass is 35.5. The lowest BCUT2D eigenvalue weighted by atomic mass is 10.0. The second kappa shape index (κ2) is 9.38. The van der Waals surface area contributed by atoms with E-state index in [1.165, 1.54) is 6.07 Å². The van der Waals surface area contributed by atoms with Crippen LogP contribution in [0.5, 0.6) is 0 Å². The fraction of sp³-hybridized carbons (Fsp3) is 0.136. The predicted molar refractivity (Wildman–Crippen MR) is 122 cm³/mol. The highest BCUT2D eigenvalue weighted by Crippen LogP contribution is 2.35. The number of alkyl halides is 3. The third-order valence-corrected chi connectivity index (χ3v) is 5.38. The van der Waals surface area contributed by atoms with Crippen LogP contribution in [0.2, 0.25) is 10.0 Å². The van der Waals surface area contributed by atoms with Crippen molar-refractivity contribution in [1.82, 2.24) is 19.9 Å². The number of hydrogen-bond donors (Lipinski definition) is 3. The van der Waals surface area contributed by atoms with Crippen molar-refractivity contribution in [1.29, 1.82) is 0 Å². The van der Waals surface area contributed by atoms with Gasteiger partial charge in [-0.25, -0.2) is 9.97 Å². The first-order valence-electron chi connectivity index (χ1n) is 9.71. The van der Waals surface area contributed by atoms with Crippen LogP contribution in [-0.2, 0) is 6.18 Å².